The van der Waals surface area contributed by atoms with E-state index in [2.05, 4.69) is 31.9 Å². The SMILES string of the molecule is O=C(O)c1cc(Br)cc(Br)c1N1CC(C(=O)O)CC1=O. The van der Waals surface area contributed by atoms with E-state index in [0.29, 0.717) is 8.95 Å². The first-order valence-corrected chi connectivity index (χ1v) is 7.15. The van der Waals surface area contributed by atoms with Crippen molar-refractivity contribution in [1.82, 2.24) is 0 Å². The van der Waals surface area contributed by atoms with Gasteiger partial charge in [0.05, 0.1) is 17.2 Å². The Kier molecular flexibility index (Phi) is 4.14. The summed E-state index contributed by atoms with van der Waals surface area (Å²) in [6.07, 6.45) is -0.128. The van der Waals surface area contributed by atoms with E-state index < -0.39 is 23.8 Å². The number of amides is 1. The van der Waals surface area contributed by atoms with E-state index in [9.17, 15) is 19.5 Å². The summed E-state index contributed by atoms with van der Waals surface area (Å²) in [6.45, 7) is -0.0331. The number of anilines is 1. The van der Waals surface area contributed by atoms with E-state index in [-0.39, 0.29) is 24.2 Å². The van der Waals surface area contributed by atoms with Gasteiger partial charge in [0, 0.05) is 21.9 Å². The molecule has 1 aromatic rings. The molecule has 0 bridgehead atoms. The summed E-state index contributed by atoms with van der Waals surface area (Å²) in [4.78, 5) is 35.4. The Hall–Kier alpha value is -1.41. The summed E-state index contributed by atoms with van der Waals surface area (Å²) >= 11 is 6.41. The summed E-state index contributed by atoms with van der Waals surface area (Å²) in [7, 11) is 0. The molecule has 6 nitrogen and oxygen atoms in total. The highest BCUT2D eigenvalue weighted by Crippen LogP contribution is 2.37. The van der Waals surface area contributed by atoms with Crippen LogP contribution in [0, 0.1) is 5.92 Å². The lowest BCUT2D eigenvalue weighted by Crippen LogP contribution is -2.28. The first-order valence-electron chi connectivity index (χ1n) is 5.56. The Balaban J connectivity index is 2.50. The fraction of sp³-hybridized carbons (Fsp3) is 0.250. The summed E-state index contributed by atoms with van der Waals surface area (Å²) < 4.78 is 0.968. The number of hydrogen-bond donors (Lipinski definition) is 2. The monoisotopic (exact) mass is 405 g/mol. The molecule has 2 N–H and O–H groups in total. The second-order valence-electron chi connectivity index (χ2n) is 4.33. The van der Waals surface area contributed by atoms with Gasteiger partial charge in [0.2, 0.25) is 5.91 Å². The van der Waals surface area contributed by atoms with E-state index in [1.54, 1.807) is 6.07 Å². The van der Waals surface area contributed by atoms with Crippen LogP contribution in [0.2, 0.25) is 0 Å². The molecule has 0 aliphatic carbocycles. The molecule has 1 amide bonds. The molecule has 1 heterocycles. The van der Waals surface area contributed by atoms with E-state index in [4.69, 9.17) is 5.11 Å². The average Bonchev–Trinajstić information content (AvgIpc) is 2.70. The van der Waals surface area contributed by atoms with Crippen molar-refractivity contribution in [1.29, 1.82) is 0 Å². The van der Waals surface area contributed by atoms with E-state index in [1.165, 1.54) is 11.0 Å². The van der Waals surface area contributed by atoms with Crippen molar-refractivity contribution in [2.45, 2.75) is 6.42 Å². The van der Waals surface area contributed by atoms with Gasteiger partial charge in [-0.05, 0) is 28.1 Å². The Morgan fingerprint density at radius 3 is 2.40 bits per heavy atom. The van der Waals surface area contributed by atoms with Crippen LogP contribution in [0.15, 0.2) is 21.1 Å². The molecule has 2 rings (SSSR count). The normalized spacial score (nSPS) is 18.4. The molecule has 1 aliphatic heterocycles. The summed E-state index contributed by atoms with van der Waals surface area (Å²) in [5.74, 6) is -3.47. The van der Waals surface area contributed by atoms with Crippen LogP contribution < -0.4 is 4.90 Å². The molecule has 0 aromatic heterocycles. The van der Waals surface area contributed by atoms with Crippen molar-refractivity contribution in [3.05, 3.63) is 26.6 Å². The Morgan fingerprint density at radius 1 is 1.25 bits per heavy atom. The molecule has 8 heteroatoms. The van der Waals surface area contributed by atoms with Crippen LogP contribution in [0.3, 0.4) is 0 Å². The Bertz CT molecular complexity index is 616. The number of halogens is 2. The van der Waals surface area contributed by atoms with E-state index >= 15 is 0 Å². The number of aromatic carboxylic acids is 1. The molecule has 0 spiro atoms. The number of carbonyl (C=O) groups excluding carboxylic acids is 1. The smallest absolute Gasteiger partial charge is 0.337 e. The van der Waals surface area contributed by atoms with Gasteiger partial charge in [-0.25, -0.2) is 4.79 Å². The highest BCUT2D eigenvalue weighted by atomic mass is 79.9. The summed E-state index contributed by atoms with van der Waals surface area (Å²) in [5, 5.41) is 18.2. The number of hydrogen-bond acceptors (Lipinski definition) is 3. The lowest BCUT2D eigenvalue weighted by Gasteiger charge is -2.20. The highest BCUT2D eigenvalue weighted by Gasteiger charge is 2.37. The van der Waals surface area contributed by atoms with Gasteiger partial charge in [0.15, 0.2) is 0 Å². The number of aliphatic carboxylic acids is 1. The molecular formula is C12H9Br2NO5. The van der Waals surface area contributed by atoms with Crippen molar-refractivity contribution in [3.8, 4) is 0 Å². The maximum Gasteiger partial charge on any atom is 0.337 e. The molecule has 1 unspecified atom stereocenters. The van der Waals surface area contributed by atoms with Crippen molar-refractivity contribution >= 4 is 55.4 Å². The Morgan fingerprint density at radius 2 is 1.90 bits per heavy atom. The van der Waals surface area contributed by atoms with E-state index in [1.807, 2.05) is 0 Å². The minimum absolute atomic E-state index is 0.0331. The van der Waals surface area contributed by atoms with Crippen molar-refractivity contribution < 1.29 is 24.6 Å². The third kappa shape index (κ3) is 2.71. The number of nitrogens with zero attached hydrogens (tertiary/aromatic N) is 1. The minimum Gasteiger partial charge on any atom is -0.481 e. The molecule has 20 heavy (non-hydrogen) atoms. The zero-order valence-electron chi connectivity index (χ0n) is 9.97. The number of carboxylic acids is 2. The zero-order valence-corrected chi connectivity index (χ0v) is 13.1. The predicted octanol–water partition coefficient (Wildman–Crippen LogP) is 2.35. The maximum absolute atomic E-state index is 11.9. The highest BCUT2D eigenvalue weighted by molar-refractivity contribution is 9.11. The zero-order chi connectivity index (χ0) is 15.0. The molecule has 1 saturated heterocycles. The standard InChI is InChI=1S/C12H9Br2NO5/c13-6-2-7(12(19)20)10(8(14)3-6)15-4-5(11(17)18)1-9(15)16/h2-3,5H,1,4H2,(H,17,18)(H,19,20). The molecule has 1 fully saturated rings. The quantitative estimate of drug-likeness (QED) is 0.803. The fourth-order valence-corrected chi connectivity index (χ4v) is 3.53. The van der Waals surface area contributed by atoms with Gasteiger partial charge in [-0.1, -0.05) is 15.9 Å². The predicted molar refractivity (Wildman–Crippen MR) is 76.9 cm³/mol. The lowest BCUT2D eigenvalue weighted by molar-refractivity contribution is -0.141. The topological polar surface area (TPSA) is 94.9 Å². The molecule has 106 valence electrons. The van der Waals surface area contributed by atoms with Gasteiger partial charge < -0.3 is 15.1 Å². The number of carboxylic acid groups (broad SMARTS) is 2. The van der Waals surface area contributed by atoms with Crippen LogP contribution in [0.5, 0.6) is 0 Å². The van der Waals surface area contributed by atoms with Gasteiger partial charge in [-0.2, -0.15) is 0 Å². The molecule has 0 radical (unpaired) electrons. The van der Waals surface area contributed by atoms with Gasteiger partial charge in [-0.15, -0.1) is 0 Å². The van der Waals surface area contributed by atoms with Crippen molar-refractivity contribution in [2.75, 3.05) is 11.4 Å². The molecule has 0 saturated carbocycles. The van der Waals surface area contributed by atoms with Gasteiger partial charge in [0.25, 0.3) is 0 Å². The van der Waals surface area contributed by atoms with Crippen LogP contribution in [0.1, 0.15) is 16.8 Å². The van der Waals surface area contributed by atoms with E-state index in [0.717, 1.165) is 0 Å². The first kappa shape index (κ1) is 15.0. The van der Waals surface area contributed by atoms with Gasteiger partial charge in [-0.3, -0.25) is 9.59 Å². The second kappa shape index (κ2) is 5.53. The van der Waals surface area contributed by atoms with Crippen LogP contribution in [-0.4, -0.2) is 34.6 Å². The average molecular weight is 407 g/mol. The first-order chi connectivity index (χ1) is 9.31. The number of rotatable bonds is 3. The van der Waals surface area contributed by atoms with Crippen LogP contribution in [0.25, 0.3) is 0 Å². The van der Waals surface area contributed by atoms with Crippen LogP contribution >= 0.6 is 31.9 Å². The van der Waals surface area contributed by atoms with Gasteiger partial charge >= 0.3 is 11.9 Å². The van der Waals surface area contributed by atoms with Gasteiger partial charge in [0.1, 0.15) is 0 Å². The van der Waals surface area contributed by atoms with Crippen molar-refractivity contribution in [2.24, 2.45) is 5.92 Å². The third-order valence-corrected chi connectivity index (χ3v) is 4.07. The maximum atomic E-state index is 11.9. The van der Waals surface area contributed by atoms with Crippen LogP contribution in [0.4, 0.5) is 5.69 Å². The molecule has 1 aromatic carbocycles. The largest absolute Gasteiger partial charge is 0.481 e. The minimum atomic E-state index is -1.19. The summed E-state index contributed by atoms with van der Waals surface area (Å²) in [5.41, 5.74) is 0.125. The molecule has 1 aliphatic rings. The third-order valence-electron chi connectivity index (χ3n) is 3.00. The second-order valence-corrected chi connectivity index (χ2v) is 6.10. The lowest BCUT2D eigenvalue weighted by atomic mass is 10.1. The molecule has 1 atom stereocenters. The fourth-order valence-electron chi connectivity index (χ4n) is 2.09. The number of carbonyl (C=O) groups is 3. The molecular weight excluding hydrogens is 398 g/mol. The van der Waals surface area contributed by atoms with Crippen LogP contribution in [-0.2, 0) is 9.59 Å². The van der Waals surface area contributed by atoms with Crippen molar-refractivity contribution in [3.63, 3.8) is 0 Å². The number of benzene rings is 1. The summed E-state index contributed by atoms with van der Waals surface area (Å²) in [6, 6.07) is 2.99. The Labute approximate surface area is 130 Å².